The number of thioether (sulfide) groups is 1. The highest BCUT2D eigenvalue weighted by molar-refractivity contribution is 8.18. The molecule has 1 saturated heterocycles. The summed E-state index contributed by atoms with van der Waals surface area (Å²) in [6.45, 7) is 6.24. The summed E-state index contributed by atoms with van der Waals surface area (Å²) in [6.07, 6.45) is -2.65. The minimum atomic E-state index is -4.41. The molecule has 0 bridgehead atoms. The first-order valence-corrected chi connectivity index (χ1v) is 10.3. The van der Waals surface area contributed by atoms with E-state index < -0.39 is 11.7 Å². The summed E-state index contributed by atoms with van der Waals surface area (Å²) < 4.78 is 46.4. The molecule has 2 aromatic rings. The fourth-order valence-corrected chi connectivity index (χ4v) is 4.54. The van der Waals surface area contributed by atoms with Crippen LogP contribution in [0.1, 0.15) is 22.5 Å². The minimum absolute atomic E-state index is 0.301. The van der Waals surface area contributed by atoms with Crippen LogP contribution in [0.5, 0.6) is 0 Å². The number of aryl methyl sites for hydroxylation is 1. The van der Waals surface area contributed by atoms with Crippen molar-refractivity contribution in [1.29, 1.82) is 0 Å². The molecular weight excluding hydrogens is 415 g/mol. The lowest BCUT2D eigenvalue weighted by Crippen LogP contribution is -2.38. The Balaban J connectivity index is 1.63. The van der Waals surface area contributed by atoms with Gasteiger partial charge in [0, 0.05) is 30.2 Å². The molecule has 30 heavy (non-hydrogen) atoms. The van der Waals surface area contributed by atoms with E-state index in [2.05, 4.69) is 4.99 Å². The lowest BCUT2D eigenvalue weighted by molar-refractivity contribution is -0.137. The molecule has 0 aliphatic carbocycles. The lowest BCUT2D eigenvalue weighted by Gasteiger charge is -2.27. The van der Waals surface area contributed by atoms with Crippen molar-refractivity contribution in [2.75, 3.05) is 26.3 Å². The maximum absolute atomic E-state index is 13.1. The van der Waals surface area contributed by atoms with Gasteiger partial charge in [-0.3, -0.25) is 4.79 Å². The number of amides is 1. The fraction of sp³-hybridized carbons (Fsp3) is 0.333. The Morgan fingerprint density at radius 3 is 2.60 bits per heavy atom. The summed E-state index contributed by atoms with van der Waals surface area (Å²) in [5.41, 5.74) is 2.05. The minimum Gasteiger partial charge on any atom is -0.378 e. The number of halogens is 3. The number of carbonyl (C=O) groups is 1. The Labute approximate surface area is 176 Å². The molecule has 5 nitrogen and oxygen atoms in total. The number of amidine groups is 1. The summed E-state index contributed by atoms with van der Waals surface area (Å²) in [5, 5.41) is 0.668. The smallest absolute Gasteiger partial charge is 0.378 e. The average Bonchev–Trinajstić information content (AvgIpc) is 3.21. The summed E-state index contributed by atoms with van der Waals surface area (Å²) >= 11 is 1.32. The Bertz CT molecular complexity index is 1050. The van der Waals surface area contributed by atoms with Crippen LogP contribution in [0.2, 0.25) is 0 Å². The number of aromatic nitrogens is 1. The Hall–Kier alpha value is -2.52. The van der Waals surface area contributed by atoms with Crippen molar-refractivity contribution in [2.24, 2.45) is 4.99 Å². The quantitative estimate of drug-likeness (QED) is 0.656. The molecule has 2 aliphatic rings. The second-order valence-corrected chi connectivity index (χ2v) is 8.13. The van der Waals surface area contributed by atoms with E-state index in [1.54, 1.807) is 16.7 Å². The maximum Gasteiger partial charge on any atom is 0.416 e. The number of rotatable bonds is 2. The van der Waals surface area contributed by atoms with Crippen molar-refractivity contribution in [1.82, 2.24) is 9.47 Å². The molecule has 1 amide bonds. The van der Waals surface area contributed by atoms with Crippen molar-refractivity contribution >= 4 is 28.9 Å². The van der Waals surface area contributed by atoms with Crippen molar-refractivity contribution < 1.29 is 22.7 Å². The molecule has 9 heteroatoms. The molecule has 4 rings (SSSR count). The Morgan fingerprint density at radius 1 is 1.17 bits per heavy atom. The zero-order valence-electron chi connectivity index (χ0n) is 16.5. The van der Waals surface area contributed by atoms with Crippen LogP contribution in [0, 0.1) is 13.8 Å². The number of morpholine rings is 1. The highest BCUT2D eigenvalue weighted by Crippen LogP contribution is 2.34. The molecule has 3 heterocycles. The number of nitrogens with zero attached hydrogens (tertiary/aromatic N) is 3. The molecule has 1 fully saturated rings. The van der Waals surface area contributed by atoms with Crippen LogP contribution in [0.25, 0.3) is 11.8 Å². The molecule has 1 aromatic heterocycles. The third kappa shape index (κ3) is 4.04. The van der Waals surface area contributed by atoms with Gasteiger partial charge in [-0.05, 0) is 61.5 Å². The van der Waals surface area contributed by atoms with E-state index in [-0.39, 0.29) is 5.91 Å². The van der Waals surface area contributed by atoms with Crippen LogP contribution in [0.4, 0.5) is 13.2 Å². The largest absolute Gasteiger partial charge is 0.416 e. The number of ether oxygens (including phenoxy) is 1. The van der Waals surface area contributed by atoms with Crippen LogP contribution >= 0.6 is 11.8 Å². The van der Waals surface area contributed by atoms with Gasteiger partial charge >= 0.3 is 6.18 Å². The van der Waals surface area contributed by atoms with Gasteiger partial charge in [-0.1, -0.05) is 6.07 Å². The number of hydrogen-bond donors (Lipinski definition) is 0. The molecule has 0 spiro atoms. The van der Waals surface area contributed by atoms with E-state index in [9.17, 15) is 18.0 Å². The number of benzene rings is 1. The third-order valence-electron chi connectivity index (χ3n) is 5.08. The molecule has 0 unspecified atom stereocenters. The molecule has 0 radical (unpaired) electrons. The average molecular weight is 435 g/mol. The highest BCUT2D eigenvalue weighted by Gasteiger charge is 2.31. The Kier molecular flexibility index (Phi) is 5.50. The van der Waals surface area contributed by atoms with Crippen LogP contribution < -0.4 is 0 Å². The second kappa shape index (κ2) is 7.96. The van der Waals surface area contributed by atoms with Gasteiger partial charge in [0.1, 0.15) is 0 Å². The standard InChI is InChI=1S/C21H20F3N3O2S/c1-13-10-15(11-18-19(28)25-20(30-18)26-6-8-29-9-7-26)14(2)27(13)17-5-3-4-16(12-17)21(22,23)24/h3-5,10-12H,6-9H2,1-2H3/b18-11-. The number of hydrogen-bond acceptors (Lipinski definition) is 4. The Morgan fingerprint density at radius 2 is 1.90 bits per heavy atom. The number of alkyl halides is 3. The zero-order chi connectivity index (χ0) is 21.5. The van der Waals surface area contributed by atoms with Gasteiger partial charge in [-0.15, -0.1) is 0 Å². The van der Waals surface area contributed by atoms with Crippen molar-refractivity contribution in [3.8, 4) is 5.69 Å². The lowest BCUT2D eigenvalue weighted by atomic mass is 10.2. The summed E-state index contributed by atoms with van der Waals surface area (Å²) in [5.74, 6) is -0.301. The number of carbonyl (C=O) groups excluding carboxylic acids is 1. The predicted octanol–water partition coefficient (Wildman–Crippen LogP) is 4.42. The molecule has 1 aromatic carbocycles. The van der Waals surface area contributed by atoms with E-state index in [4.69, 9.17) is 4.74 Å². The van der Waals surface area contributed by atoms with Crippen molar-refractivity contribution in [3.63, 3.8) is 0 Å². The van der Waals surface area contributed by atoms with E-state index >= 15 is 0 Å². The van der Waals surface area contributed by atoms with Gasteiger partial charge in [-0.2, -0.15) is 18.2 Å². The fourth-order valence-electron chi connectivity index (χ4n) is 3.58. The van der Waals surface area contributed by atoms with E-state index in [1.165, 1.54) is 17.8 Å². The van der Waals surface area contributed by atoms with E-state index in [1.807, 2.05) is 24.8 Å². The summed E-state index contributed by atoms with van der Waals surface area (Å²) in [7, 11) is 0. The maximum atomic E-state index is 13.1. The summed E-state index contributed by atoms with van der Waals surface area (Å²) in [4.78, 5) is 19.1. The van der Waals surface area contributed by atoms with Gasteiger partial charge < -0.3 is 14.2 Å². The van der Waals surface area contributed by atoms with Crippen LogP contribution in [0.15, 0.2) is 40.2 Å². The zero-order valence-corrected chi connectivity index (χ0v) is 17.3. The monoisotopic (exact) mass is 435 g/mol. The van der Waals surface area contributed by atoms with Gasteiger partial charge in [0.15, 0.2) is 5.17 Å². The van der Waals surface area contributed by atoms with Gasteiger partial charge in [-0.25, -0.2) is 0 Å². The second-order valence-electron chi connectivity index (χ2n) is 7.12. The van der Waals surface area contributed by atoms with Crippen LogP contribution in [0.3, 0.4) is 0 Å². The van der Waals surface area contributed by atoms with Crippen molar-refractivity contribution in [2.45, 2.75) is 20.0 Å². The molecular formula is C21H20F3N3O2S. The molecule has 2 aliphatic heterocycles. The summed E-state index contributed by atoms with van der Waals surface area (Å²) in [6, 6.07) is 7.09. The van der Waals surface area contributed by atoms with Gasteiger partial charge in [0.2, 0.25) is 0 Å². The molecule has 0 N–H and O–H groups in total. The van der Waals surface area contributed by atoms with Crippen molar-refractivity contribution in [3.05, 3.63) is 57.8 Å². The normalized spacial score (nSPS) is 19.0. The first kappa shape index (κ1) is 20.7. The predicted molar refractivity (Wildman–Crippen MR) is 111 cm³/mol. The first-order chi connectivity index (χ1) is 14.2. The van der Waals surface area contributed by atoms with Gasteiger partial charge in [0.05, 0.1) is 23.7 Å². The molecule has 158 valence electrons. The van der Waals surface area contributed by atoms with E-state index in [0.717, 1.165) is 29.1 Å². The first-order valence-electron chi connectivity index (χ1n) is 9.46. The third-order valence-corrected chi connectivity index (χ3v) is 6.12. The van der Waals surface area contributed by atoms with Gasteiger partial charge in [0.25, 0.3) is 5.91 Å². The van der Waals surface area contributed by atoms with Crippen LogP contribution in [-0.2, 0) is 15.7 Å². The SMILES string of the molecule is Cc1cc(/C=C2\SC(N3CCOCC3)=NC2=O)c(C)n1-c1cccc(C(F)(F)F)c1. The number of aliphatic imine (C=N–C) groups is 1. The molecule has 0 saturated carbocycles. The highest BCUT2D eigenvalue weighted by atomic mass is 32.2. The molecule has 0 atom stereocenters. The van der Waals surface area contributed by atoms with E-state index in [0.29, 0.717) is 42.1 Å². The topological polar surface area (TPSA) is 46.8 Å². The van der Waals surface area contributed by atoms with Crippen LogP contribution in [-0.4, -0.2) is 46.8 Å².